The lowest BCUT2D eigenvalue weighted by molar-refractivity contribution is 0.627. The minimum atomic E-state index is -0.0727. The second-order valence-electron chi connectivity index (χ2n) is 4.72. The van der Waals surface area contributed by atoms with Crippen molar-refractivity contribution in [1.29, 1.82) is 0 Å². The Morgan fingerprint density at radius 2 is 2.15 bits per heavy atom. The Kier molecular flexibility index (Phi) is 2.98. The average Bonchev–Trinajstić information content (AvgIpc) is 2.84. The van der Waals surface area contributed by atoms with E-state index in [1.54, 1.807) is 35.3 Å². The molecule has 0 saturated heterocycles. The van der Waals surface area contributed by atoms with Crippen molar-refractivity contribution >= 4 is 16.6 Å². The van der Waals surface area contributed by atoms with Crippen LogP contribution in [0.5, 0.6) is 0 Å². The SMILES string of the molecule is Cn1ccnc1CCn1cnc2ccc(N)cc2c1=O. The largest absolute Gasteiger partial charge is 0.399 e. The van der Waals surface area contributed by atoms with Gasteiger partial charge in [-0.1, -0.05) is 0 Å². The number of aromatic nitrogens is 4. The Morgan fingerprint density at radius 3 is 2.90 bits per heavy atom. The maximum absolute atomic E-state index is 12.4. The van der Waals surface area contributed by atoms with Gasteiger partial charge in [0.05, 0.1) is 17.2 Å². The van der Waals surface area contributed by atoms with Crippen LogP contribution in [0.15, 0.2) is 41.7 Å². The molecular formula is C14H15N5O. The molecule has 0 fully saturated rings. The van der Waals surface area contributed by atoms with Gasteiger partial charge in [0.2, 0.25) is 0 Å². The van der Waals surface area contributed by atoms with Crippen molar-refractivity contribution < 1.29 is 0 Å². The van der Waals surface area contributed by atoms with E-state index in [2.05, 4.69) is 9.97 Å². The predicted molar refractivity (Wildman–Crippen MR) is 77.3 cm³/mol. The number of imidazole rings is 1. The number of aryl methyl sites for hydroxylation is 3. The highest BCUT2D eigenvalue weighted by atomic mass is 16.1. The zero-order valence-electron chi connectivity index (χ0n) is 11.2. The fraction of sp³-hybridized carbons (Fsp3) is 0.214. The Morgan fingerprint density at radius 1 is 1.30 bits per heavy atom. The zero-order chi connectivity index (χ0) is 14.1. The van der Waals surface area contributed by atoms with Gasteiger partial charge in [0, 0.05) is 38.1 Å². The van der Waals surface area contributed by atoms with Crippen molar-refractivity contribution in [2.45, 2.75) is 13.0 Å². The quantitative estimate of drug-likeness (QED) is 0.718. The molecule has 2 aromatic heterocycles. The van der Waals surface area contributed by atoms with E-state index in [4.69, 9.17) is 5.73 Å². The molecule has 3 aromatic rings. The molecule has 0 saturated carbocycles. The summed E-state index contributed by atoms with van der Waals surface area (Å²) >= 11 is 0. The Hall–Kier alpha value is -2.63. The molecule has 6 nitrogen and oxygen atoms in total. The van der Waals surface area contributed by atoms with E-state index in [1.165, 1.54) is 0 Å². The first-order chi connectivity index (χ1) is 9.65. The summed E-state index contributed by atoms with van der Waals surface area (Å²) in [6.45, 7) is 0.543. The van der Waals surface area contributed by atoms with Crippen LogP contribution in [0.25, 0.3) is 10.9 Å². The number of anilines is 1. The standard InChI is InChI=1S/C14H15N5O/c1-18-7-5-16-13(18)4-6-19-9-17-12-3-2-10(15)8-11(12)14(19)20/h2-3,5,7-9H,4,6,15H2,1H3. The molecule has 1 aromatic carbocycles. The number of benzene rings is 1. The van der Waals surface area contributed by atoms with Gasteiger partial charge in [0.25, 0.3) is 5.56 Å². The zero-order valence-corrected chi connectivity index (χ0v) is 11.2. The second kappa shape index (κ2) is 4.80. The normalized spacial score (nSPS) is 11.1. The highest BCUT2D eigenvalue weighted by Gasteiger charge is 2.06. The monoisotopic (exact) mass is 269 g/mol. The number of hydrogen-bond acceptors (Lipinski definition) is 4. The van der Waals surface area contributed by atoms with E-state index in [9.17, 15) is 4.79 Å². The summed E-state index contributed by atoms with van der Waals surface area (Å²) in [6, 6.07) is 5.17. The molecule has 0 atom stereocenters. The van der Waals surface area contributed by atoms with Crippen LogP contribution in [-0.2, 0) is 20.0 Å². The molecule has 0 bridgehead atoms. The van der Waals surface area contributed by atoms with Gasteiger partial charge in [-0.05, 0) is 18.2 Å². The maximum atomic E-state index is 12.4. The lowest BCUT2D eigenvalue weighted by Crippen LogP contribution is -2.22. The van der Waals surface area contributed by atoms with Gasteiger partial charge >= 0.3 is 0 Å². The van der Waals surface area contributed by atoms with Crippen molar-refractivity contribution in [2.75, 3.05) is 5.73 Å². The predicted octanol–water partition coefficient (Wildman–Crippen LogP) is 0.955. The lowest BCUT2D eigenvalue weighted by atomic mass is 10.2. The highest BCUT2D eigenvalue weighted by molar-refractivity contribution is 5.80. The van der Waals surface area contributed by atoms with Crippen molar-refractivity contribution in [2.24, 2.45) is 7.05 Å². The van der Waals surface area contributed by atoms with Crippen molar-refractivity contribution in [1.82, 2.24) is 19.1 Å². The number of rotatable bonds is 3. The number of nitrogens with two attached hydrogens (primary N) is 1. The molecule has 0 aliphatic carbocycles. The van der Waals surface area contributed by atoms with Gasteiger partial charge < -0.3 is 10.3 Å². The Bertz CT molecular complexity index is 818. The van der Waals surface area contributed by atoms with E-state index < -0.39 is 0 Å². The van der Waals surface area contributed by atoms with Crippen LogP contribution >= 0.6 is 0 Å². The van der Waals surface area contributed by atoms with E-state index in [0.717, 1.165) is 5.82 Å². The van der Waals surface area contributed by atoms with Crippen LogP contribution in [0.4, 0.5) is 5.69 Å². The van der Waals surface area contributed by atoms with Crippen molar-refractivity contribution in [3.63, 3.8) is 0 Å². The average molecular weight is 269 g/mol. The first-order valence-electron chi connectivity index (χ1n) is 6.36. The number of nitrogen functional groups attached to an aromatic ring is 1. The molecule has 2 N–H and O–H groups in total. The maximum Gasteiger partial charge on any atom is 0.261 e. The molecule has 0 unspecified atom stereocenters. The molecule has 0 aliphatic rings. The fourth-order valence-corrected chi connectivity index (χ4v) is 2.19. The summed E-state index contributed by atoms with van der Waals surface area (Å²) in [5.74, 6) is 0.935. The first kappa shape index (κ1) is 12.4. The van der Waals surface area contributed by atoms with Crippen LogP contribution in [0.2, 0.25) is 0 Å². The van der Waals surface area contributed by atoms with E-state index in [-0.39, 0.29) is 5.56 Å². The molecular weight excluding hydrogens is 254 g/mol. The van der Waals surface area contributed by atoms with E-state index >= 15 is 0 Å². The summed E-state index contributed by atoms with van der Waals surface area (Å²) in [5.41, 5.74) is 6.88. The molecule has 0 aliphatic heterocycles. The van der Waals surface area contributed by atoms with E-state index in [0.29, 0.717) is 29.6 Å². The van der Waals surface area contributed by atoms with E-state index in [1.807, 2.05) is 17.8 Å². The van der Waals surface area contributed by atoms with Crippen LogP contribution < -0.4 is 11.3 Å². The van der Waals surface area contributed by atoms with Gasteiger partial charge in [-0.25, -0.2) is 9.97 Å². The summed E-state index contributed by atoms with van der Waals surface area (Å²) < 4.78 is 3.54. The lowest BCUT2D eigenvalue weighted by Gasteiger charge is -2.07. The minimum absolute atomic E-state index is 0.0727. The van der Waals surface area contributed by atoms with Crippen LogP contribution in [-0.4, -0.2) is 19.1 Å². The second-order valence-corrected chi connectivity index (χ2v) is 4.72. The molecule has 3 rings (SSSR count). The number of fused-ring (bicyclic) bond motifs is 1. The highest BCUT2D eigenvalue weighted by Crippen LogP contribution is 2.11. The van der Waals surface area contributed by atoms with Gasteiger partial charge in [-0.3, -0.25) is 9.36 Å². The summed E-state index contributed by atoms with van der Waals surface area (Å²) in [5, 5.41) is 0.548. The third kappa shape index (κ3) is 2.16. The van der Waals surface area contributed by atoms with Gasteiger partial charge in [-0.2, -0.15) is 0 Å². The van der Waals surface area contributed by atoms with Crippen molar-refractivity contribution in [3.8, 4) is 0 Å². The molecule has 0 spiro atoms. The Labute approximate surface area is 115 Å². The summed E-state index contributed by atoms with van der Waals surface area (Å²) in [7, 11) is 1.93. The smallest absolute Gasteiger partial charge is 0.261 e. The molecule has 20 heavy (non-hydrogen) atoms. The third-order valence-electron chi connectivity index (χ3n) is 3.35. The first-order valence-corrected chi connectivity index (χ1v) is 6.36. The molecule has 102 valence electrons. The third-order valence-corrected chi connectivity index (χ3v) is 3.35. The number of hydrogen-bond donors (Lipinski definition) is 1. The van der Waals surface area contributed by atoms with Crippen molar-refractivity contribution in [3.05, 3.63) is 53.1 Å². The summed E-state index contributed by atoms with van der Waals surface area (Å²) in [6.07, 6.45) is 5.89. The molecule has 2 heterocycles. The minimum Gasteiger partial charge on any atom is -0.399 e. The number of nitrogens with zero attached hydrogens (tertiary/aromatic N) is 4. The fourth-order valence-electron chi connectivity index (χ4n) is 2.19. The molecule has 0 radical (unpaired) electrons. The van der Waals surface area contributed by atoms with Gasteiger partial charge in [-0.15, -0.1) is 0 Å². The van der Waals surface area contributed by atoms with Gasteiger partial charge in [0.15, 0.2) is 0 Å². The Balaban J connectivity index is 1.94. The summed E-state index contributed by atoms with van der Waals surface area (Å²) in [4.78, 5) is 20.9. The van der Waals surface area contributed by atoms with Crippen LogP contribution in [0.1, 0.15) is 5.82 Å². The topological polar surface area (TPSA) is 78.7 Å². The molecule has 6 heteroatoms. The van der Waals surface area contributed by atoms with Crippen LogP contribution in [0, 0.1) is 0 Å². The molecule has 0 amide bonds. The van der Waals surface area contributed by atoms with Gasteiger partial charge in [0.1, 0.15) is 5.82 Å². The van der Waals surface area contributed by atoms with Crippen LogP contribution in [0.3, 0.4) is 0 Å².